The highest BCUT2D eigenvalue weighted by Gasteiger charge is 2.32. The molecule has 2 aliphatic heterocycles. The van der Waals surface area contributed by atoms with Crippen molar-refractivity contribution in [2.45, 2.75) is 37.7 Å². The van der Waals surface area contributed by atoms with Crippen LogP contribution in [-0.2, 0) is 21.2 Å². The van der Waals surface area contributed by atoms with E-state index in [4.69, 9.17) is 4.74 Å². The van der Waals surface area contributed by atoms with Crippen LogP contribution in [0.3, 0.4) is 0 Å². The minimum absolute atomic E-state index is 0.0482. The van der Waals surface area contributed by atoms with E-state index in [1.807, 2.05) is 19.9 Å². The number of sulfonamides is 1. The molecule has 116 valence electrons. The number of ether oxygens (including phenoxy) is 1. The summed E-state index contributed by atoms with van der Waals surface area (Å²) in [5.74, 6) is 0. The molecule has 1 N–H and O–H groups in total. The zero-order chi connectivity index (χ0) is 15.0. The number of nitrogens with zero attached hydrogens (tertiary/aromatic N) is 1. The summed E-state index contributed by atoms with van der Waals surface area (Å²) in [5.41, 5.74) is 3.06. The minimum atomic E-state index is -3.44. The Hall–Kier alpha value is -1.11. The predicted molar refractivity (Wildman–Crippen MR) is 82.2 cm³/mol. The fraction of sp³-hybridized carbons (Fsp3) is 0.600. The number of hydrogen-bond donors (Lipinski definition) is 1. The molecule has 6 heteroatoms. The Balaban J connectivity index is 2.03. The van der Waals surface area contributed by atoms with Gasteiger partial charge in [-0.3, -0.25) is 0 Å². The first kappa shape index (κ1) is 14.8. The van der Waals surface area contributed by atoms with Crippen molar-refractivity contribution in [1.29, 1.82) is 0 Å². The molecular formula is C15H22N2O3S. The van der Waals surface area contributed by atoms with Crippen LogP contribution in [0.5, 0.6) is 0 Å². The highest BCUT2D eigenvalue weighted by atomic mass is 32.2. The van der Waals surface area contributed by atoms with Crippen molar-refractivity contribution in [1.82, 2.24) is 4.31 Å². The molecule has 3 rings (SSSR count). The second-order valence-corrected chi connectivity index (χ2v) is 7.72. The fourth-order valence-electron chi connectivity index (χ4n) is 3.10. The van der Waals surface area contributed by atoms with Gasteiger partial charge in [-0.1, -0.05) is 6.07 Å². The van der Waals surface area contributed by atoms with Gasteiger partial charge in [0.1, 0.15) is 0 Å². The number of nitrogens with one attached hydrogen (secondary N) is 1. The minimum Gasteiger partial charge on any atom is -0.385 e. The highest BCUT2D eigenvalue weighted by Crippen LogP contribution is 2.33. The molecule has 1 aromatic carbocycles. The average molecular weight is 310 g/mol. The normalized spacial score (nSPS) is 23.4. The van der Waals surface area contributed by atoms with Gasteiger partial charge in [0.25, 0.3) is 0 Å². The monoisotopic (exact) mass is 310 g/mol. The van der Waals surface area contributed by atoms with E-state index in [-0.39, 0.29) is 6.10 Å². The second kappa shape index (κ2) is 5.59. The Morgan fingerprint density at radius 3 is 2.95 bits per heavy atom. The van der Waals surface area contributed by atoms with Gasteiger partial charge < -0.3 is 10.1 Å². The third-order valence-electron chi connectivity index (χ3n) is 4.21. The molecule has 0 amide bonds. The number of hydrogen-bond acceptors (Lipinski definition) is 4. The van der Waals surface area contributed by atoms with Gasteiger partial charge in [-0.15, -0.1) is 0 Å². The molecule has 0 bridgehead atoms. The Kier molecular flexibility index (Phi) is 3.94. The Morgan fingerprint density at radius 1 is 1.38 bits per heavy atom. The molecule has 0 spiro atoms. The lowest BCUT2D eigenvalue weighted by molar-refractivity contribution is 0.0101. The van der Waals surface area contributed by atoms with Gasteiger partial charge in [0.05, 0.1) is 17.6 Å². The van der Waals surface area contributed by atoms with Crippen LogP contribution in [-0.4, -0.2) is 45.1 Å². The van der Waals surface area contributed by atoms with Crippen molar-refractivity contribution in [3.05, 3.63) is 23.3 Å². The maximum atomic E-state index is 13.0. The lowest BCUT2D eigenvalue weighted by atomic mass is 10.00. The van der Waals surface area contributed by atoms with Crippen LogP contribution in [0.1, 0.15) is 24.5 Å². The maximum Gasteiger partial charge on any atom is 0.243 e. The third-order valence-corrected chi connectivity index (χ3v) is 6.15. The molecule has 1 fully saturated rings. The van der Waals surface area contributed by atoms with Gasteiger partial charge in [0.2, 0.25) is 10.0 Å². The molecule has 1 aromatic rings. The van der Waals surface area contributed by atoms with E-state index >= 15 is 0 Å². The number of aryl methyl sites for hydroxylation is 1. The molecule has 0 aromatic heterocycles. The summed E-state index contributed by atoms with van der Waals surface area (Å²) in [6.07, 6.45) is 1.74. The molecule has 0 aliphatic carbocycles. The molecule has 1 unspecified atom stereocenters. The van der Waals surface area contributed by atoms with Gasteiger partial charge in [0, 0.05) is 25.3 Å². The van der Waals surface area contributed by atoms with E-state index < -0.39 is 10.0 Å². The molecule has 1 atom stereocenters. The van der Waals surface area contributed by atoms with E-state index in [0.29, 0.717) is 24.6 Å². The Labute approximate surface area is 126 Å². The van der Waals surface area contributed by atoms with Crippen molar-refractivity contribution in [3.63, 3.8) is 0 Å². The van der Waals surface area contributed by atoms with Crippen molar-refractivity contribution in [2.24, 2.45) is 0 Å². The topological polar surface area (TPSA) is 58.6 Å². The van der Waals surface area contributed by atoms with Crippen LogP contribution < -0.4 is 5.32 Å². The van der Waals surface area contributed by atoms with Crippen LogP contribution in [0.2, 0.25) is 0 Å². The molecular weight excluding hydrogens is 288 g/mol. The number of benzene rings is 1. The zero-order valence-electron chi connectivity index (χ0n) is 12.6. The third kappa shape index (κ3) is 2.67. The highest BCUT2D eigenvalue weighted by molar-refractivity contribution is 7.89. The standard InChI is InChI=1S/C15H22N2O3S/c1-11-5-6-14(13-4-3-7-16-15(11)13)21(18,19)17-8-9-20-12(2)10-17/h5-6,12,16H,3-4,7-10H2,1-2H3. The lowest BCUT2D eigenvalue weighted by Crippen LogP contribution is -2.44. The van der Waals surface area contributed by atoms with Crippen LogP contribution in [0.15, 0.2) is 17.0 Å². The van der Waals surface area contributed by atoms with Crippen LogP contribution in [0, 0.1) is 6.92 Å². The molecule has 0 saturated carbocycles. The number of fused-ring (bicyclic) bond motifs is 1. The summed E-state index contributed by atoms with van der Waals surface area (Å²) in [6, 6.07) is 3.66. The smallest absolute Gasteiger partial charge is 0.243 e. The second-order valence-electron chi connectivity index (χ2n) is 5.81. The first-order valence-electron chi connectivity index (χ1n) is 7.48. The molecule has 21 heavy (non-hydrogen) atoms. The first-order chi connectivity index (χ1) is 10.00. The van der Waals surface area contributed by atoms with Gasteiger partial charge in [-0.2, -0.15) is 4.31 Å². The fourth-order valence-corrected chi connectivity index (χ4v) is 4.86. The number of rotatable bonds is 2. The quantitative estimate of drug-likeness (QED) is 0.904. The summed E-state index contributed by atoms with van der Waals surface area (Å²) in [7, 11) is -3.44. The van der Waals surface area contributed by atoms with E-state index in [9.17, 15) is 8.42 Å². The molecule has 2 heterocycles. The summed E-state index contributed by atoms with van der Waals surface area (Å²) in [5, 5.41) is 3.35. The zero-order valence-corrected chi connectivity index (χ0v) is 13.4. The summed E-state index contributed by atoms with van der Waals surface area (Å²) in [6.45, 7) is 6.16. The van der Waals surface area contributed by atoms with Crippen molar-refractivity contribution in [2.75, 3.05) is 31.6 Å². The summed E-state index contributed by atoms with van der Waals surface area (Å²) < 4.78 is 32.9. The van der Waals surface area contributed by atoms with E-state index in [1.54, 1.807) is 10.4 Å². The van der Waals surface area contributed by atoms with Gasteiger partial charge in [-0.05, 0) is 43.9 Å². The molecule has 5 nitrogen and oxygen atoms in total. The van der Waals surface area contributed by atoms with Gasteiger partial charge >= 0.3 is 0 Å². The average Bonchev–Trinajstić information content (AvgIpc) is 2.47. The molecule has 0 radical (unpaired) electrons. The maximum absolute atomic E-state index is 13.0. The largest absolute Gasteiger partial charge is 0.385 e. The summed E-state index contributed by atoms with van der Waals surface area (Å²) in [4.78, 5) is 0.462. The number of morpholine rings is 1. The van der Waals surface area contributed by atoms with Crippen LogP contribution in [0.4, 0.5) is 5.69 Å². The van der Waals surface area contributed by atoms with E-state index in [2.05, 4.69) is 5.32 Å². The van der Waals surface area contributed by atoms with Crippen molar-refractivity contribution in [3.8, 4) is 0 Å². The van der Waals surface area contributed by atoms with Crippen molar-refractivity contribution >= 4 is 15.7 Å². The SMILES string of the molecule is Cc1ccc(S(=O)(=O)N2CCOC(C)C2)c2c1NCCC2. The van der Waals surface area contributed by atoms with Crippen molar-refractivity contribution < 1.29 is 13.2 Å². The number of anilines is 1. The molecule has 2 aliphatic rings. The first-order valence-corrected chi connectivity index (χ1v) is 8.92. The van der Waals surface area contributed by atoms with Gasteiger partial charge in [0.15, 0.2) is 0 Å². The predicted octanol–water partition coefficient (Wildman–Crippen LogP) is 1.76. The van der Waals surface area contributed by atoms with Gasteiger partial charge in [-0.25, -0.2) is 8.42 Å². The Bertz CT molecular complexity index is 643. The van der Waals surface area contributed by atoms with Crippen LogP contribution in [0.25, 0.3) is 0 Å². The lowest BCUT2D eigenvalue weighted by Gasteiger charge is -2.32. The van der Waals surface area contributed by atoms with E-state index in [0.717, 1.165) is 36.2 Å². The van der Waals surface area contributed by atoms with Crippen LogP contribution >= 0.6 is 0 Å². The Morgan fingerprint density at radius 2 is 2.19 bits per heavy atom. The molecule has 1 saturated heterocycles. The van der Waals surface area contributed by atoms with E-state index in [1.165, 1.54) is 0 Å². The summed E-state index contributed by atoms with van der Waals surface area (Å²) >= 11 is 0.